The summed E-state index contributed by atoms with van der Waals surface area (Å²) >= 11 is 3.42. The highest BCUT2D eigenvalue weighted by Gasteiger charge is 2.04. The van der Waals surface area contributed by atoms with Crippen LogP contribution >= 0.6 is 15.9 Å². The number of carboxylic acid groups (broad SMARTS) is 1. The number of carbonyl (C=O) groups is 1. The lowest BCUT2D eigenvalue weighted by molar-refractivity contribution is -0.131. The molecule has 21 heavy (non-hydrogen) atoms. The number of rotatable bonds is 6. The lowest BCUT2D eigenvalue weighted by Crippen LogP contribution is -2.06. The molecule has 0 aliphatic rings. The molecule has 0 saturated heterocycles. The van der Waals surface area contributed by atoms with Crippen LogP contribution in [-0.2, 0) is 18.3 Å². The molecular formula is C15H15BrN2O3. The third kappa shape index (κ3) is 4.46. The van der Waals surface area contributed by atoms with Crippen molar-refractivity contribution in [1.29, 1.82) is 0 Å². The summed E-state index contributed by atoms with van der Waals surface area (Å²) in [5.74, 6) is 0.713. The first-order valence-electron chi connectivity index (χ1n) is 6.36. The lowest BCUT2D eigenvalue weighted by atomic mass is 10.2. The van der Waals surface area contributed by atoms with Gasteiger partial charge in [-0.15, -0.1) is 0 Å². The largest absolute Gasteiger partial charge is 0.492 e. The van der Waals surface area contributed by atoms with Crippen LogP contribution in [0.1, 0.15) is 11.4 Å². The fourth-order valence-electron chi connectivity index (χ4n) is 1.79. The number of aliphatic carboxylic acids is 1. The Labute approximate surface area is 131 Å². The molecule has 0 unspecified atom stereocenters. The maximum Gasteiger partial charge on any atom is 0.328 e. The molecule has 0 amide bonds. The Balaban J connectivity index is 1.95. The van der Waals surface area contributed by atoms with Gasteiger partial charge in [-0.3, -0.25) is 0 Å². The van der Waals surface area contributed by atoms with Crippen LogP contribution in [0.5, 0.6) is 5.75 Å². The molecule has 1 aromatic heterocycles. The summed E-state index contributed by atoms with van der Waals surface area (Å²) in [5, 5.41) is 8.60. The number of aromatic nitrogens is 2. The molecule has 0 aliphatic heterocycles. The molecule has 0 fully saturated rings. The van der Waals surface area contributed by atoms with Crippen molar-refractivity contribution in [1.82, 2.24) is 9.55 Å². The van der Waals surface area contributed by atoms with E-state index in [9.17, 15) is 4.79 Å². The van der Waals surface area contributed by atoms with Crippen LogP contribution in [0.25, 0.3) is 6.08 Å². The maximum absolute atomic E-state index is 10.5. The quantitative estimate of drug-likeness (QED) is 0.813. The first-order chi connectivity index (χ1) is 10.1. The summed E-state index contributed by atoms with van der Waals surface area (Å²) in [7, 11) is 1.95. The van der Waals surface area contributed by atoms with Crippen LogP contribution in [0.15, 0.2) is 41.1 Å². The molecule has 0 atom stereocenters. The minimum atomic E-state index is -0.971. The highest BCUT2D eigenvalue weighted by atomic mass is 79.9. The number of hydrogen-bond acceptors (Lipinski definition) is 3. The number of nitrogens with zero attached hydrogens (tertiary/aromatic N) is 2. The summed E-state index contributed by atoms with van der Waals surface area (Å²) in [6, 6.07) is 5.43. The van der Waals surface area contributed by atoms with E-state index in [0.717, 1.165) is 34.1 Å². The molecule has 110 valence electrons. The van der Waals surface area contributed by atoms with Crippen LogP contribution in [0.4, 0.5) is 0 Å². The third-order valence-electron chi connectivity index (χ3n) is 2.88. The Morgan fingerprint density at radius 3 is 2.95 bits per heavy atom. The van der Waals surface area contributed by atoms with Gasteiger partial charge in [-0.05, 0) is 39.7 Å². The van der Waals surface area contributed by atoms with E-state index in [4.69, 9.17) is 9.84 Å². The summed E-state index contributed by atoms with van der Waals surface area (Å²) in [5.41, 5.74) is 0.792. The van der Waals surface area contributed by atoms with Crippen molar-refractivity contribution in [2.45, 2.75) is 6.42 Å². The Morgan fingerprint density at radius 1 is 1.52 bits per heavy atom. The monoisotopic (exact) mass is 350 g/mol. The van der Waals surface area contributed by atoms with Crippen LogP contribution in [0.3, 0.4) is 0 Å². The van der Waals surface area contributed by atoms with E-state index < -0.39 is 5.97 Å². The van der Waals surface area contributed by atoms with Crippen molar-refractivity contribution < 1.29 is 14.6 Å². The van der Waals surface area contributed by atoms with E-state index >= 15 is 0 Å². The van der Waals surface area contributed by atoms with E-state index in [1.54, 1.807) is 12.3 Å². The zero-order valence-electron chi connectivity index (χ0n) is 11.5. The summed E-state index contributed by atoms with van der Waals surface area (Å²) in [6.07, 6.45) is 7.01. The Bertz CT molecular complexity index is 665. The molecule has 0 saturated carbocycles. The van der Waals surface area contributed by atoms with Gasteiger partial charge in [-0.25, -0.2) is 9.78 Å². The fourth-order valence-corrected chi connectivity index (χ4v) is 2.31. The van der Waals surface area contributed by atoms with Crippen LogP contribution in [0.2, 0.25) is 0 Å². The Morgan fingerprint density at radius 2 is 2.33 bits per heavy atom. The zero-order valence-corrected chi connectivity index (χ0v) is 13.1. The topological polar surface area (TPSA) is 64.4 Å². The molecule has 1 N–H and O–H groups in total. The number of benzene rings is 1. The first kappa shape index (κ1) is 15.3. The van der Waals surface area contributed by atoms with Crippen molar-refractivity contribution in [3.8, 4) is 5.75 Å². The van der Waals surface area contributed by atoms with Crippen molar-refractivity contribution in [3.63, 3.8) is 0 Å². The average molecular weight is 351 g/mol. The molecule has 1 aromatic carbocycles. The van der Waals surface area contributed by atoms with E-state index in [0.29, 0.717) is 6.61 Å². The minimum Gasteiger partial charge on any atom is -0.492 e. The van der Waals surface area contributed by atoms with Gasteiger partial charge in [0.1, 0.15) is 11.6 Å². The summed E-state index contributed by atoms with van der Waals surface area (Å²) < 4.78 is 8.45. The molecule has 6 heteroatoms. The molecule has 0 aliphatic carbocycles. The van der Waals surface area contributed by atoms with Crippen LogP contribution in [0, 0.1) is 0 Å². The smallest absolute Gasteiger partial charge is 0.328 e. The van der Waals surface area contributed by atoms with Gasteiger partial charge in [-0.1, -0.05) is 6.07 Å². The third-order valence-corrected chi connectivity index (χ3v) is 3.50. The highest BCUT2D eigenvalue weighted by Crippen LogP contribution is 2.26. The number of imidazole rings is 1. The predicted octanol–water partition coefficient (Wildman–Crippen LogP) is 2.90. The van der Waals surface area contributed by atoms with E-state index in [2.05, 4.69) is 20.9 Å². The Kier molecular flexibility index (Phi) is 5.16. The lowest BCUT2D eigenvalue weighted by Gasteiger charge is -2.09. The molecular weight excluding hydrogens is 336 g/mol. The molecule has 5 nitrogen and oxygen atoms in total. The fraction of sp³-hybridized carbons (Fsp3) is 0.200. The second-order valence-electron chi connectivity index (χ2n) is 4.41. The highest BCUT2D eigenvalue weighted by molar-refractivity contribution is 9.10. The van der Waals surface area contributed by atoms with E-state index in [-0.39, 0.29) is 0 Å². The number of ether oxygens (including phenoxy) is 1. The van der Waals surface area contributed by atoms with Gasteiger partial charge in [0.05, 0.1) is 11.1 Å². The number of aryl methyl sites for hydroxylation is 1. The average Bonchev–Trinajstić information content (AvgIpc) is 2.84. The minimum absolute atomic E-state index is 0.522. The molecule has 0 spiro atoms. The standard InChI is InChI=1S/C15H15BrN2O3/c1-18-8-7-17-14(18)6-9-21-13-4-2-11(10-12(13)16)3-5-15(19)20/h2-5,7-8,10H,6,9H2,1H3,(H,19,20)/b5-3+. The summed E-state index contributed by atoms with van der Waals surface area (Å²) in [4.78, 5) is 14.7. The van der Waals surface area contributed by atoms with E-state index in [1.165, 1.54) is 6.08 Å². The number of halogens is 1. The van der Waals surface area contributed by atoms with Crippen molar-refractivity contribution in [2.24, 2.45) is 7.05 Å². The molecule has 2 rings (SSSR count). The Hall–Kier alpha value is -2.08. The second-order valence-corrected chi connectivity index (χ2v) is 5.27. The van der Waals surface area contributed by atoms with E-state index in [1.807, 2.05) is 29.9 Å². The maximum atomic E-state index is 10.5. The van der Waals surface area contributed by atoms with Gasteiger partial charge in [0.25, 0.3) is 0 Å². The summed E-state index contributed by atoms with van der Waals surface area (Å²) in [6.45, 7) is 0.522. The molecule has 0 bridgehead atoms. The van der Waals surface area contributed by atoms with Gasteiger partial charge in [-0.2, -0.15) is 0 Å². The van der Waals surface area contributed by atoms with Gasteiger partial charge in [0, 0.05) is 31.9 Å². The molecule has 0 radical (unpaired) electrons. The molecule has 2 aromatic rings. The zero-order chi connectivity index (χ0) is 15.2. The number of hydrogen-bond donors (Lipinski definition) is 1. The second kappa shape index (κ2) is 7.08. The van der Waals surface area contributed by atoms with Gasteiger partial charge in [0.15, 0.2) is 0 Å². The normalized spacial score (nSPS) is 11.0. The van der Waals surface area contributed by atoms with Crippen molar-refractivity contribution in [3.05, 3.63) is 52.5 Å². The number of carboxylic acids is 1. The molecule has 1 heterocycles. The van der Waals surface area contributed by atoms with Crippen molar-refractivity contribution >= 4 is 28.0 Å². The van der Waals surface area contributed by atoms with Gasteiger partial charge in [0.2, 0.25) is 0 Å². The van der Waals surface area contributed by atoms with Gasteiger partial charge >= 0.3 is 5.97 Å². The van der Waals surface area contributed by atoms with Crippen LogP contribution < -0.4 is 4.74 Å². The predicted molar refractivity (Wildman–Crippen MR) is 83.2 cm³/mol. The first-order valence-corrected chi connectivity index (χ1v) is 7.15. The van der Waals surface area contributed by atoms with Crippen molar-refractivity contribution in [2.75, 3.05) is 6.61 Å². The van der Waals surface area contributed by atoms with Gasteiger partial charge < -0.3 is 14.4 Å². The SMILES string of the molecule is Cn1ccnc1CCOc1ccc(/C=C/C(=O)O)cc1Br. The van der Waals surface area contributed by atoms with Crippen LogP contribution in [-0.4, -0.2) is 27.2 Å².